The summed E-state index contributed by atoms with van der Waals surface area (Å²) in [6, 6.07) is 84.0. The maximum Gasteiger partial charge on any atom is 0.328 e. The quantitative estimate of drug-likeness (QED) is 0.0408. The number of hydrogen-bond acceptors (Lipinski definition) is 7. The number of fused-ring (bicyclic) bond motifs is 3. The van der Waals surface area contributed by atoms with Crippen LogP contribution in [0.25, 0.3) is 71.2 Å². The molecule has 0 radical (unpaired) electrons. The molecule has 13 heteroatoms. The second-order valence-corrected chi connectivity index (χ2v) is 21.7. The van der Waals surface area contributed by atoms with E-state index < -0.39 is 29.6 Å². The molecule has 0 atom stereocenters. The van der Waals surface area contributed by atoms with Crippen molar-refractivity contribution < 1.29 is 17.7 Å². The molecule has 82 heavy (non-hydrogen) atoms. The molecular formula is C69H51B2N6O4S-. The molecule has 4 heterocycles. The summed E-state index contributed by atoms with van der Waals surface area (Å²) in [4.78, 5) is 15.3. The highest BCUT2D eigenvalue weighted by molar-refractivity contribution is 7.85. The molecule has 0 saturated heterocycles. The number of para-hydroxylation sites is 2. The van der Waals surface area contributed by atoms with Crippen molar-refractivity contribution in [2.75, 3.05) is 12.4 Å². The Hall–Kier alpha value is -10.0. The van der Waals surface area contributed by atoms with Gasteiger partial charge in [-0.1, -0.05) is 216 Å². The van der Waals surface area contributed by atoms with Gasteiger partial charge in [0, 0.05) is 49.6 Å². The topological polar surface area (TPSA) is 130 Å². The van der Waals surface area contributed by atoms with Crippen molar-refractivity contribution in [3.05, 3.63) is 282 Å². The summed E-state index contributed by atoms with van der Waals surface area (Å²) in [6.07, 6.45) is 0.534. The van der Waals surface area contributed by atoms with Crippen molar-refractivity contribution in [1.82, 2.24) is 18.9 Å². The first-order valence-electron chi connectivity index (χ1n) is 27.2. The van der Waals surface area contributed by atoms with Gasteiger partial charge in [0.15, 0.2) is 0 Å². The van der Waals surface area contributed by atoms with Gasteiger partial charge in [0.2, 0.25) is 5.70 Å². The van der Waals surface area contributed by atoms with Crippen LogP contribution in [-0.2, 0) is 10.1 Å². The summed E-state index contributed by atoms with van der Waals surface area (Å²) in [5.74, 6) is 0.0710. The van der Waals surface area contributed by atoms with Crippen LogP contribution in [0.4, 0.5) is 0 Å². The average Bonchev–Trinajstić information content (AvgIpc) is 1.68. The number of unbranched alkanes of at least 4 members (excludes halogenated alkanes) is 1. The highest BCUT2D eigenvalue weighted by atomic mass is 32.2. The standard InChI is InChI=1S/C69H52B2N6O4S/c1-48-23-15-18-34-57(48)67-64-63(68(58(47-72)61-43-39-49-24-16-19-35-59(49)74-61)77(67)71(54-30-11-5-12-31-54)55-32-13-6-14-33-55)66(51-37-41-56(42-38-51)81-45-21-22-46-82(78,79)80)76(70(52-26-7-3-8-27-52)53-28-9-4-10-29-53)69(64)65(73-2)62-44-40-50-25-17-20-36-60(50)75-62/h3-20,23-44H,21-22,45-46H2,1H3,(H,78,79,80)/p-1/b68-58-,69-65+. The van der Waals surface area contributed by atoms with Crippen LogP contribution in [0.1, 0.15) is 29.8 Å². The molecule has 10 nitrogen and oxygen atoms in total. The van der Waals surface area contributed by atoms with Gasteiger partial charge in [0.25, 0.3) is 0 Å². The minimum atomic E-state index is -4.37. The van der Waals surface area contributed by atoms with E-state index in [4.69, 9.17) is 14.7 Å². The maximum atomic E-state index is 12.3. The number of pyridine rings is 2. The lowest BCUT2D eigenvalue weighted by atomic mass is 9.50. The summed E-state index contributed by atoms with van der Waals surface area (Å²) in [6.45, 7) is 10.8. The Morgan fingerprint density at radius 1 is 0.561 bits per heavy atom. The van der Waals surface area contributed by atoms with Gasteiger partial charge in [-0.15, -0.1) is 0 Å². The van der Waals surface area contributed by atoms with E-state index in [1.807, 2.05) is 182 Å². The highest BCUT2D eigenvalue weighted by Crippen LogP contribution is 2.38. The number of hydrogen-bond donors (Lipinski definition) is 0. The van der Waals surface area contributed by atoms with Crippen LogP contribution in [0.15, 0.2) is 243 Å². The highest BCUT2D eigenvalue weighted by Gasteiger charge is 2.37. The number of aromatic nitrogens is 4. The predicted octanol–water partition coefficient (Wildman–Crippen LogP) is 9.99. The second kappa shape index (κ2) is 23.0. The third-order valence-electron chi connectivity index (χ3n) is 15.1. The first kappa shape index (κ1) is 52.6. The maximum absolute atomic E-state index is 12.3. The fraction of sp³-hybridized carbons (Fsp3) is 0.0725. The van der Waals surface area contributed by atoms with Crippen molar-refractivity contribution in [2.24, 2.45) is 0 Å². The van der Waals surface area contributed by atoms with E-state index in [0.29, 0.717) is 56.6 Å². The minimum absolute atomic E-state index is 0.171. The van der Waals surface area contributed by atoms with Crippen molar-refractivity contribution in [3.63, 3.8) is 0 Å². The van der Waals surface area contributed by atoms with Crippen LogP contribution in [0.3, 0.4) is 0 Å². The predicted molar refractivity (Wildman–Crippen MR) is 331 cm³/mol. The van der Waals surface area contributed by atoms with Gasteiger partial charge < -0.3 is 18.2 Å². The summed E-state index contributed by atoms with van der Waals surface area (Å²) < 4.78 is 45.3. The molecular weight excluding hydrogens is 1030 g/mol. The van der Waals surface area contributed by atoms with E-state index in [0.717, 1.165) is 71.4 Å². The third-order valence-corrected chi connectivity index (χ3v) is 15.9. The summed E-state index contributed by atoms with van der Waals surface area (Å²) >= 11 is 0. The molecule has 0 fully saturated rings. The number of ether oxygens (including phenoxy) is 1. The number of benzene rings is 8. The molecule has 0 bridgehead atoms. The van der Waals surface area contributed by atoms with Gasteiger partial charge in [-0.3, -0.25) is 4.98 Å². The number of nitriles is 1. The zero-order valence-corrected chi connectivity index (χ0v) is 45.6. The molecule has 0 aliphatic carbocycles. The van der Waals surface area contributed by atoms with Crippen LogP contribution in [0.5, 0.6) is 5.75 Å². The minimum Gasteiger partial charge on any atom is -0.748 e. The van der Waals surface area contributed by atoms with E-state index in [2.05, 4.69) is 87.5 Å². The molecule has 0 N–H and O–H groups in total. The van der Waals surface area contributed by atoms with Gasteiger partial charge in [-0.05, 0) is 79.4 Å². The molecule has 4 aromatic heterocycles. The van der Waals surface area contributed by atoms with Gasteiger partial charge in [-0.25, -0.2) is 18.2 Å². The van der Waals surface area contributed by atoms with Crippen LogP contribution in [0.2, 0.25) is 0 Å². The molecule has 0 aliphatic heterocycles. The van der Waals surface area contributed by atoms with E-state index >= 15 is 0 Å². The Labute approximate surface area is 477 Å². The smallest absolute Gasteiger partial charge is 0.328 e. The Bertz CT molecular complexity index is 4500. The molecule has 0 aliphatic rings. The lowest BCUT2D eigenvalue weighted by Gasteiger charge is -2.25. The average molecular weight is 1080 g/mol. The fourth-order valence-electron chi connectivity index (χ4n) is 11.5. The van der Waals surface area contributed by atoms with Crippen LogP contribution < -0.4 is 37.3 Å². The first-order valence-corrected chi connectivity index (χ1v) is 28.8. The molecule has 0 spiro atoms. The van der Waals surface area contributed by atoms with E-state index in [1.165, 1.54) is 0 Å². The van der Waals surface area contributed by atoms with Crippen molar-refractivity contribution in [3.8, 4) is 34.3 Å². The Balaban J connectivity index is 1.37. The largest absolute Gasteiger partial charge is 0.748 e. The van der Waals surface area contributed by atoms with E-state index in [9.17, 15) is 24.8 Å². The van der Waals surface area contributed by atoms with Gasteiger partial charge >= 0.3 is 13.7 Å². The molecule has 8 aromatic carbocycles. The summed E-state index contributed by atoms with van der Waals surface area (Å²) in [5.41, 5.74) is 11.0. The van der Waals surface area contributed by atoms with Crippen molar-refractivity contribution in [2.45, 2.75) is 19.8 Å². The molecule has 0 saturated carbocycles. The Morgan fingerprint density at radius 2 is 1.02 bits per heavy atom. The van der Waals surface area contributed by atoms with Gasteiger partial charge in [-0.2, -0.15) is 5.26 Å². The third kappa shape index (κ3) is 10.3. The normalized spacial score (nSPS) is 12.2. The molecule has 0 amide bonds. The molecule has 12 rings (SSSR count). The van der Waals surface area contributed by atoms with Crippen LogP contribution in [0, 0.1) is 24.8 Å². The summed E-state index contributed by atoms with van der Waals surface area (Å²) in [7, 11) is -4.37. The molecule has 0 unspecified atom stereocenters. The fourth-order valence-corrected chi connectivity index (χ4v) is 12.0. The molecule has 394 valence electrons. The second-order valence-electron chi connectivity index (χ2n) is 20.2. The van der Waals surface area contributed by atoms with Crippen LogP contribution >= 0.6 is 0 Å². The number of nitrogens with zero attached hydrogens (tertiary/aromatic N) is 6. The SMILES string of the molecule is [C-]#[N+]/C(c1ccc2ccccc2n1)=c1\c2c(-c3ccccc3C)n(B(c3ccccc3)c3ccccc3)/c(=C(/C#N)c3ccc4ccccc4n3)c2c(-c2ccc(OCCCCS(=O)(=O)[O-])cc2)n1B(c1ccccc1)c1ccccc1. The van der Waals surface area contributed by atoms with Gasteiger partial charge in [0.05, 0.1) is 51.1 Å². The Morgan fingerprint density at radius 3 is 1.54 bits per heavy atom. The lowest BCUT2D eigenvalue weighted by molar-refractivity contribution is 0.309. The van der Waals surface area contributed by atoms with E-state index in [1.54, 1.807) is 0 Å². The zero-order chi connectivity index (χ0) is 56.2. The van der Waals surface area contributed by atoms with E-state index in [-0.39, 0.29) is 13.0 Å². The van der Waals surface area contributed by atoms with Crippen LogP contribution in [-0.4, -0.2) is 57.9 Å². The number of aryl methyl sites for hydroxylation is 1. The molecule has 12 aromatic rings. The van der Waals surface area contributed by atoms with Crippen molar-refractivity contribution in [1.29, 1.82) is 5.26 Å². The lowest BCUT2D eigenvalue weighted by Crippen LogP contribution is -2.54. The monoisotopic (exact) mass is 1080 g/mol. The first-order chi connectivity index (χ1) is 40.2. The van der Waals surface area contributed by atoms with Crippen molar-refractivity contribution >= 4 is 89.5 Å². The number of rotatable bonds is 16. The van der Waals surface area contributed by atoms with Gasteiger partial charge in [0.1, 0.15) is 17.4 Å². The zero-order valence-electron chi connectivity index (χ0n) is 44.8. The Kier molecular flexibility index (Phi) is 14.7. The summed E-state index contributed by atoms with van der Waals surface area (Å²) in [5, 5.41) is 16.8.